The molecule has 2 nitrogen and oxygen atoms in total. The van der Waals surface area contributed by atoms with E-state index < -0.39 is 0 Å². The summed E-state index contributed by atoms with van der Waals surface area (Å²) in [5.41, 5.74) is 13.3. The van der Waals surface area contributed by atoms with Crippen LogP contribution in [0.4, 0.5) is 34.1 Å². The minimum atomic E-state index is 0.552. The number of benzene rings is 6. The number of hydrogen-bond donors (Lipinski definition) is 0. The van der Waals surface area contributed by atoms with E-state index in [0.717, 1.165) is 34.9 Å². The molecule has 0 bridgehead atoms. The van der Waals surface area contributed by atoms with Crippen LogP contribution in [0, 0.1) is 13.8 Å². The second kappa shape index (κ2) is 13.1. The summed E-state index contributed by atoms with van der Waals surface area (Å²) in [5.74, 6) is 0.552. The van der Waals surface area contributed by atoms with Crippen molar-refractivity contribution in [2.24, 2.45) is 0 Å². The van der Waals surface area contributed by atoms with E-state index in [1.807, 2.05) is 0 Å². The second-order valence-electron chi connectivity index (χ2n) is 11.6. The molecule has 1 atom stereocenters. The molecule has 0 heterocycles. The van der Waals surface area contributed by atoms with E-state index in [2.05, 4.69) is 189 Å². The van der Waals surface area contributed by atoms with Crippen LogP contribution < -0.4 is 9.80 Å². The quantitative estimate of drug-likeness (QED) is 0.170. The number of para-hydroxylation sites is 2. The van der Waals surface area contributed by atoms with E-state index in [0.29, 0.717) is 5.92 Å². The summed E-state index contributed by atoms with van der Waals surface area (Å²) in [7, 11) is 0. The van der Waals surface area contributed by atoms with E-state index in [4.69, 9.17) is 0 Å². The van der Waals surface area contributed by atoms with Gasteiger partial charge in [0.1, 0.15) is 0 Å². The molecule has 218 valence electrons. The molecule has 0 aliphatic carbocycles. The summed E-state index contributed by atoms with van der Waals surface area (Å²) in [6.45, 7) is 8.94. The van der Waals surface area contributed by atoms with Crippen molar-refractivity contribution in [1.82, 2.24) is 0 Å². The molecule has 0 aliphatic heterocycles. The highest BCUT2D eigenvalue weighted by atomic mass is 15.1. The molecule has 0 saturated carbocycles. The zero-order valence-corrected chi connectivity index (χ0v) is 26.1. The molecule has 0 saturated heterocycles. The lowest BCUT2D eigenvalue weighted by Gasteiger charge is -2.27. The average Bonchev–Trinajstić information content (AvgIpc) is 3.06. The maximum Gasteiger partial charge on any atom is 0.0464 e. The molecule has 0 aromatic heterocycles. The standard InChI is InChI=1S/C42H40N2/c1-5-32(3)42-28-27-41(30-33(42)4)44(37-16-10-7-11-17-37)39-25-21-35(22-26-39)34-19-23-38(24-20-34)43(36-14-8-6-9-15-36)40-18-12-13-31(2)29-40/h6-30,32H,5H2,1-4H3. The fourth-order valence-corrected chi connectivity index (χ4v) is 5.99. The summed E-state index contributed by atoms with van der Waals surface area (Å²) in [6, 6.07) is 54.6. The van der Waals surface area contributed by atoms with Crippen molar-refractivity contribution in [3.8, 4) is 11.1 Å². The van der Waals surface area contributed by atoms with E-state index in [1.165, 1.54) is 33.5 Å². The van der Waals surface area contributed by atoms with Gasteiger partial charge in [-0.05, 0) is 127 Å². The van der Waals surface area contributed by atoms with Gasteiger partial charge in [-0.15, -0.1) is 0 Å². The normalized spacial score (nSPS) is 11.6. The zero-order chi connectivity index (χ0) is 30.5. The van der Waals surface area contributed by atoms with Crippen molar-refractivity contribution in [2.45, 2.75) is 40.0 Å². The number of rotatable bonds is 9. The Hall–Kier alpha value is -5.08. The first kappa shape index (κ1) is 29.0. The van der Waals surface area contributed by atoms with Crippen LogP contribution in [0.3, 0.4) is 0 Å². The van der Waals surface area contributed by atoms with Crippen molar-refractivity contribution < 1.29 is 0 Å². The summed E-state index contributed by atoms with van der Waals surface area (Å²) < 4.78 is 0. The molecule has 0 radical (unpaired) electrons. The van der Waals surface area contributed by atoms with Crippen LogP contribution in [0.2, 0.25) is 0 Å². The lowest BCUT2D eigenvalue weighted by Crippen LogP contribution is -2.10. The van der Waals surface area contributed by atoms with Crippen LogP contribution in [-0.4, -0.2) is 0 Å². The highest BCUT2D eigenvalue weighted by Gasteiger charge is 2.16. The summed E-state index contributed by atoms with van der Waals surface area (Å²) in [5, 5.41) is 0. The monoisotopic (exact) mass is 572 g/mol. The first-order chi connectivity index (χ1) is 21.5. The number of aryl methyl sites for hydroxylation is 2. The Morgan fingerprint density at radius 3 is 1.34 bits per heavy atom. The van der Waals surface area contributed by atoms with Crippen molar-refractivity contribution >= 4 is 34.1 Å². The third kappa shape index (κ3) is 6.16. The van der Waals surface area contributed by atoms with Crippen molar-refractivity contribution in [3.63, 3.8) is 0 Å². The largest absolute Gasteiger partial charge is 0.310 e. The Morgan fingerprint density at radius 1 is 0.455 bits per heavy atom. The zero-order valence-electron chi connectivity index (χ0n) is 26.1. The molecular formula is C42H40N2. The first-order valence-electron chi connectivity index (χ1n) is 15.6. The van der Waals surface area contributed by atoms with E-state index in [-0.39, 0.29) is 0 Å². The van der Waals surface area contributed by atoms with Crippen LogP contribution >= 0.6 is 0 Å². The molecule has 0 aliphatic rings. The SMILES string of the molecule is CCC(C)c1ccc(N(c2ccccc2)c2ccc(-c3ccc(N(c4ccccc4)c4cccc(C)c4)cc3)cc2)cc1C. The van der Waals surface area contributed by atoms with Gasteiger partial charge in [0.15, 0.2) is 0 Å². The maximum atomic E-state index is 2.35. The molecular weight excluding hydrogens is 532 g/mol. The highest BCUT2D eigenvalue weighted by Crippen LogP contribution is 2.39. The molecule has 0 N–H and O–H groups in total. The minimum absolute atomic E-state index is 0.552. The Bertz CT molecular complexity index is 1810. The van der Waals surface area contributed by atoms with Gasteiger partial charge in [0.2, 0.25) is 0 Å². The lowest BCUT2D eigenvalue weighted by molar-refractivity contribution is 0.728. The van der Waals surface area contributed by atoms with Crippen molar-refractivity contribution in [1.29, 1.82) is 0 Å². The van der Waals surface area contributed by atoms with Gasteiger partial charge in [0.25, 0.3) is 0 Å². The summed E-state index contributed by atoms with van der Waals surface area (Å²) in [6.07, 6.45) is 1.14. The van der Waals surface area contributed by atoms with Gasteiger partial charge in [0.05, 0.1) is 0 Å². The predicted octanol–water partition coefficient (Wildman–Crippen LogP) is 12.4. The topological polar surface area (TPSA) is 6.48 Å². The van der Waals surface area contributed by atoms with Gasteiger partial charge in [-0.25, -0.2) is 0 Å². The molecule has 0 amide bonds. The van der Waals surface area contributed by atoms with Crippen molar-refractivity contribution in [2.75, 3.05) is 9.80 Å². The van der Waals surface area contributed by atoms with Crippen LogP contribution in [-0.2, 0) is 0 Å². The van der Waals surface area contributed by atoms with Gasteiger partial charge in [-0.1, -0.05) is 92.7 Å². The first-order valence-corrected chi connectivity index (χ1v) is 15.6. The Morgan fingerprint density at radius 2 is 0.886 bits per heavy atom. The third-order valence-electron chi connectivity index (χ3n) is 8.53. The van der Waals surface area contributed by atoms with Gasteiger partial charge in [-0.2, -0.15) is 0 Å². The predicted molar refractivity (Wildman–Crippen MR) is 189 cm³/mol. The lowest BCUT2D eigenvalue weighted by atomic mass is 9.93. The van der Waals surface area contributed by atoms with Crippen LogP contribution in [0.15, 0.2) is 152 Å². The molecule has 0 spiro atoms. The number of hydrogen-bond acceptors (Lipinski definition) is 2. The fraction of sp³-hybridized carbons (Fsp3) is 0.143. The molecule has 6 aromatic rings. The van der Waals surface area contributed by atoms with Crippen LogP contribution in [0.1, 0.15) is 42.9 Å². The summed E-state index contributed by atoms with van der Waals surface area (Å²) in [4.78, 5) is 4.66. The van der Waals surface area contributed by atoms with Gasteiger partial charge < -0.3 is 9.80 Å². The minimum Gasteiger partial charge on any atom is -0.310 e. The number of anilines is 6. The van der Waals surface area contributed by atoms with Gasteiger partial charge in [-0.3, -0.25) is 0 Å². The molecule has 6 aromatic carbocycles. The molecule has 1 unspecified atom stereocenters. The fourth-order valence-electron chi connectivity index (χ4n) is 5.99. The highest BCUT2D eigenvalue weighted by molar-refractivity contribution is 5.81. The van der Waals surface area contributed by atoms with Crippen molar-refractivity contribution in [3.05, 3.63) is 168 Å². The summed E-state index contributed by atoms with van der Waals surface area (Å²) >= 11 is 0. The van der Waals surface area contributed by atoms with Crippen LogP contribution in [0.25, 0.3) is 11.1 Å². The molecule has 2 heteroatoms. The van der Waals surface area contributed by atoms with Crippen LogP contribution in [0.5, 0.6) is 0 Å². The van der Waals surface area contributed by atoms with E-state index in [1.54, 1.807) is 0 Å². The second-order valence-corrected chi connectivity index (χ2v) is 11.6. The Labute approximate surface area is 262 Å². The Kier molecular flexibility index (Phi) is 8.61. The smallest absolute Gasteiger partial charge is 0.0464 e. The van der Waals surface area contributed by atoms with E-state index in [9.17, 15) is 0 Å². The maximum absolute atomic E-state index is 2.35. The van der Waals surface area contributed by atoms with Gasteiger partial charge in [0, 0.05) is 34.1 Å². The van der Waals surface area contributed by atoms with E-state index >= 15 is 0 Å². The molecule has 6 rings (SSSR count). The molecule has 44 heavy (non-hydrogen) atoms. The van der Waals surface area contributed by atoms with Gasteiger partial charge >= 0.3 is 0 Å². The Balaban J connectivity index is 1.32. The third-order valence-corrected chi connectivity index (χ3v) is 8.53. The molecule has 0 fully saturated rings. The average molecular weight is 573 g/mol. The number of nitrogens with zero attached hydrogens (tertiary/aromatic N) is 2.